The molecule has 228 valence electrons. The van der Waals surface area contributed by atoms with Gasteiger partial charge in [-0.05, 0) is 86.0 Å². The number of quaternary nitrogens is 2. The molecule has 0 aromatic rings. The minimum atomic E-state index is 0.493. The van der Waals surface area contributed by atoms with Crippen molar-refractivity contribution in [2.75, 3.05) is 0 Å². The van der Waals surface area contributed by atoms with Crippen LogP contribution in [0.4, 0.5) is 0 Å². The summed E-state index contributed by atoms with van der Waals surface area (Å²) >= 11 is 2.14. The van der Waals surface area contributed by atoms with Gasteiger partial charge in [0.05, 0.1) is 5.92 Å². The van der Waals surface area contributed by atoms with Gasteiger partial charge in [0.2, 0.25) is 12.3 Å². The summed E-state index contributed by atoms with van der Waals surface area (Å²) in [7, 11) is 0. The maximum Gasteiger partial charge on any atom is 0.248 e. The van der Waals surface area contributed by atoms with Crippen LogP contribution in [0.5, 0.6) is 0 Å². The monoisotopic (exact) mass is 610 g/mol. The van der Waals surface area contributed by atoms with E-state index < -0.39 is 0 Å². The smallest absolute Gasteiger partial charge is 0.243 e. The summed E-state index contributed by atoms with van der Waals surface area (Å²) in [6.07, 6.45) is 53.1. The molecule has 2 heterocycles. The highest BCUT2D eigenvalue weighted by atomic mass is 32.2. The van der Waals surface area contributed by atoms with Crippen molar-refractivity contribution in [1.29, 1.82) is 0 Å². The zero-order valence-electron chi connectivity index (χ0n) is 26.2. The zero-order chi connectivity index (χ0) is 29.5. The average Bonchev–Trinajstić information content (AvgIpc) is 3.47. The molecule has 0 spiro atoms. The minimum absolute atomic E-state index is 0.493. The van der Waals surface area contributed by atoms with Gasteiger partial charge in [0, 0.05) is 39.4 Å². The first-order chi connectivity index (χ1) is 22.3. The van der Waals surface area contributed by atoms with Crippen LogP contribution >= 0.6 is 11.8 Å². The number of nitrogens with one attached hydrogen (secondary N) is 1. The fourth-order valence-electron chi connectivity index (χ4n) is 10.8. The standard InChI is InChI=1S/C42H44N2S/c1-3-10-29-24-31(18-16-26(29)8-1)41-43-42(32-19-17-27-9-2-4-11-30(27)25-32)44(41)36-14-7-13-34-33(36)22-20-28-21-23-38-40(39(28)34)35-12-5-6-15-37(35)45-38/h1,3-4,6-8,10-11,13-19,21,23,27,29-30,32-34,38,40-43H,2,5,9,12,20,22,24-25H2/p+2. The molecule has 0 radical (unpaired) electrons. The molecule has 11 unspecified atom stereocenters. The Labute approximate surface area is 273 Å². The largest absolute Gasteiger partial charge is 0.248 e. The van der Waals surface area contributed by atoms with E-state index in [0.717, 1.165) is 11.8 Å². The van der Waals surface area contributed by atoms with E-state index >= 15 is 0 Å². The van der Waals surface area contributed by atoms with Gasteiger partial charge in [-0.2, -0.15) is 0 Å². The lowest BCUT2D eigenvalue weighted by molar-refractivity contribution is -1.22. The molecular formula is C42H46N2S+2. The van der Waals surface area contributed by atoms with E-state index in [9.17, 15) is 0 Å². The van der Waals surface area contributed by atoms with E-state index in [4.69, 9.17) is 0 Å². The summed E-state index contributed by atoms with van der Waals surface area (Å²) in [6.45, 7) is 0. The van der Waals surface area contributed by atoms with Gasteiger partial charge >= 0.3 is 0 Å². The highest BCUT2D eigenvalue weighted by molar-refractivity contribution is 8.04. The molecule has 45 heavy (non-hydrogen) atoms. The van der Waals surface area contributed by atoms with Crippen molar-refractivity contribution >= 4 is 11.8 Å². The third-order valence-corrected chi connectivity index (χ3v) is 14.3. The number of fused-ring (bicyclic) bond motifs is 7. The molecule has 8 aliphatic carbocycles. The molecular weight excluding hydrogens is 565 g/mol. The van der Waals surface area contributed by atoms with Crippen molar-refractivity contribution in [1.82, 2.24) is 0 Å². The number of thioether (sulfide) groups is 1. The van der Waals surface area contributed by atoms with Crippen LogP contribution in [0.3, 0.4) is 0 Å². The predicted molar refractivity (Wildman–Crippen MR) is 185 cm³/mol. The topological polar surface area (TPSA) is 21.1 Å². The lowest BCUT2D eigenvalue weighted by Crippen LogP contribution is -3.48. The second kappa shape index (κ2) is 10.9. The molecule has 0 bridgehead atoms. The average molecular weight is 611 g/mol. The first kappa shape index (κ1) is 27.3. The second-order valence-corrected chi connectivity index (χ2v) is 16.4. The molecule has 1 saturated heterocycles. The fourth-order valence-corrected chi connectivity index (χ4v) is 12.3. The van der Waals surface area contributed by atoms with Gasteiger partial charge in [-0.1, -0.05) is 103 Å². The normalized spacial score (nSPS) is 43.4. The van der Waals surface area contributed by atoms with Crippen LogP contribution in [0.2, 0.25) is 0 Å². The first-order valence-electron chi connectivity index (χ1n) is 18.0. The van der Waals surface area contributed by atoms with Crippen LogP contribution in [0.15, 0.2) is 142 Å². The summed E-state index contributed by atoms with van der Waals surface area (Å²) in [6, 6.07) is 0. The molecule has 10 aliphatic rings. The molecule has 10 rings (SSSR count). The molecule has 3 N–H and O–H groups in total. The lowest BCUT2D eigenvalue weighted by Gasteiger charge is -2.51. The second-order valence-electron chi connectivity index (χ2n) is 15.1. The van der Waals surface area contributed by atoms with Crippen LogP contribution in [-0.2, 0) is 0 Å². The van der Waals surface area contributed by atoms with E-state index in [1.165, 1.54) is 56.9 Å². The van der Waals surface area contributed by atoms with Crippen molar-refractivity contribution in [3.63, 3.8) is 0 Å². The fraction of sp³-hybridized carbons (Fsp3) is 0.429. The Balaban J connectivity index is 1.00. The first-order valence-corrected chi connectivity index (χ1v) is 18.9. The molecule has 0 saturated carbocycles. The number of allylic oxidation sites excluding steroid dienone is 20. The third kappa shape index (κ3) is 4.37. The van der Waals surface area contributed by atoms with Crippen LogP contribution < -0.4 is 10.2 Å². The number of hydrogen-bond donors (Lipinski definition) is 2. The summed E-state index contributed by atoms with van der Waals surface area (Å²) in [5.41, 5.74) is 10.1. The van der Waals surface area contributed by atoms with Crippen molar-refractivity contribution in [2.45, 2.75) is 68.9 Å². The third-order valence-electron chi connectivity index (χ3n) is 13.0. The van der Waals surface area contributed by atoms with Crippen molar-refractivity contribution < 1.29 is 10.2 Å². The molecule has 2 nitrogen and oxygen atoms in total. The van der Waals surface area contributed by atoms with Gasteiger partial charge in [-0.3, -0.25) is 0 Å². The number of hydrogen-bond acceptors (Lipinski definition) is 1. The van der Waals surface area contributed by atoms with Crippen molar-refractivity contribution in [3.05, 3.63) is 142 Å². The summed E-state index contributed by atoms with van der Waals surface area (Å²) < 4.78 is 0. The molecule has 0 amide bonds. The lowest BCUT2D eigenvalue weighted by atomic mass is 9.63. The molecule has 11 atom stereocenters. The van der Waals surface area contributed by atoms with Crippen molar-refractivity contribution in [3.8, 4) is 0 Å². The van der Waals surface area contributed by atoms with Gasteiger partial charge in [-0.15, -0.1) is 11.8 Å². The number of rotatable bonds is 3. The molecule has 0 aromatic carbocycles. The van der Waals surface area contributed by atoms with E-state index in [1.807, 2.05) is 0 Å². The SMILES string of the molecule is C1=CC2=CC=C(C3[NH2+]C(C4C=CC5CCC=CC5C4)[NH+]3C3=CC=CC4C5=C(C=CC6SC7=C(CCC=C7)C56)CCC34)CC2C=C1. The summed E-state index contributed by atoms with van der Waals surface area (Å²) in [5, 5.41) is 3.38. The van der Waals surface area contributed by atoms with Crippen LogP contribution in [-0.4, -0.2) is 17.6 Å². The summed E-state index contributed by atoms with van der Waals surface area (Å²) in [5.74, 6) is 4.44. The molecule has 1 fully saturated rings. The Bertz CT molecular complexity index is 1680. The highest BCUT2D eigenvalue weighted by Crippen LogP contribution is 2.57. The Morgan fingerprint density at radius 2 is 1.76 bits per heavy atom. The maximum absolute atomic E-state index is 2.78. The quantitative estimate of drug-likeness (QED) is 0.332. The van der Waals surface area contributed by atoms with Gasteiger partial charge in [0.15, 0.2) is 0 Å². The molecule has 0 aromatic heterocycles. The van der Waals surface area contributed by atoms with E-state index in [0.29, 0.717) is 47.2 Å². The predicted octanol–water partition coefficient (Wildman–Crippen LogP) is 6.94. The minimum Gasteiger partial charge on any atom is -0.243 e. The molecule has 3 heteroatoms. The van der Waals surface area contributed by atoms with E-state index in [2.05, 4.69) is 120 Å². The van der Waals surface area contributed by atoms with Gasteiger partial charge in [0.25, 0.3) is 0 Å². The van der Waals surface area contributed by atoms with Gasteiger partial charge < -0.3 is 0 Å². The van der Waals surface area contributed by atoms with Crippen LogP contribution in [0.1, 0.15) is 51.4 Å². The van der Waals surface area contributed by atoms with E-state index in [-0.39, 0.29) is 0 Å². The Morgan fingerprint density at radius 3 is 2.76 bits per heavy atom. The highest BCUT2D eigenvalue weighted by Gasteiger charge is 2.58. The Morgan fingerprint density at radius 1 is 0.778 bits per heavy atom. The van der Waals surface area contributed by atoms with E-state index in [1.54, 1.807) is 37.8 Å². The van der Waals surface area contributed by atoms with Crippen molar-refractivity contribution in [2.24, 2.45) is 41.4 Å². The van der Waals surface area contributed by atoms with Crippen LogP contribution in [0, 0.1) is 41.4 Å². The zero-order valence-corrected chi connectivity index (χ0v) is 27.0. The Kier molecular flexibility index (Phi) is 6.58. The van der Waals surface area contributed by atoms with Gasteiger partial charge in [-0.25, -0.2) is 10.2 Å². The number of nitrogens with two attached hydrogens (primary N) is 1. The molecule has 2 aliphatic heterocycles. The Hall–Kier alpha value is -2.85. The van der Waals surface area contributed by atoms with Crippen LogP contribution in [0.25, 0.3) is 0 Å². The van der Waals surface area contributed by atoms with Gasteiger partial charge in [0.1, 0.15) is 5.70 Å². The summed E-state index contributed by atoms with van der Waals surface area (Å²) in [4.78, 5) is 3.37. The maximum atomic E-state index is 2.78.